The molecule has 0 bridgehead atoms. The summed E-state index contributed by atoms with van der Waals surface area (Å²) in [5.74, 6) is -0.572. The highest BCUT2D eigenvalue weighted by molar-refractivity contribution is 5.78. The summed E-state index contributed by atoms with van der Waals surface area (Å²) in [5, 5.41) is 11.5. The van der Waals surface area contributed by atoms with Crippen LogP contribution in [0.4, 0.5) is 4.39 Å². The third-order valence-electron chi connectivity index (χ3n) is 1.85. The van der Waals surface area contributed by atoms with Crippen molar-refractivity contribution < 1.29 is 14.3 Å². The van der Waals surface area contributed by atoms with Gasteiger partial charge < -0.3 is 10.4 Å². The molecule has 3 nitrogen and oxygen atoms in total. The predicted molar refractivity (Wildman–Crippen MR) is 54.8 cm³/mol. The second-order valence-electron chi connectivity index (χ2n) is 3.46. The van der Waals surface area contributed by atoms with Crippen LogP contribution >= 0.6 is 0 Å². The van der Waals surface area contributed by atoms with Gasteiger partial charge in [0.15, 0.2) is 0 Å². The maximum Gasteiger partial charge on any atom is 0.224 e. The summed E-state index contributed by atoms with van der Waals surface area (Å²) < 4.78 is 12.8. The molecule has 1 amide bonds. The minimum Gasteiger partial charge on any atom is -0.392 e. The molecule has 82 valence electrons. The highest BCUT2D eigenvalue weighted by Gasteiger charge is 2.04. The second-order valence-corrected chi connectivity index (χ2v) is 3.46. The highest BCUT2D eigenvalue weighted by Crippen LogP contribution is 2.03. The van der Waals surface area contributed by atoms with Gasteiger partial charge in [0.2, 0.25) is 5.91 Å². The Bertz CT molecular complexity index is 339. The summed E-state index contributed by atoms with van der Waals surface area (Å²) in [5.41, 5.74) is 0.623. The van der Waals surface area contributed by atoms with Crippen LogP contribution in [0.2, 0.25) is 0 Å². The Morgan fingerprint density at radius 2 is 2.33 bits per heavy atom. The lowest BCUT2D eigenvalue weighted by atomic mass is 10.1. The molecular weight excluding hydrogens is 197 g/mol. The Morgan fingerprint density at radius 3 is 2.93 bits per heavy atom. The zero-order chi connectivity index (χ0) is 11.3. The van der Waals surface area contributed by atoms with Gasteiger partial charge in [-0.1, -0.05) is 12.1 Å². The molecule has 0 aliphatic rings. The molecule has 0 saturated heterocycles. The van der Waals surface area contributed by atoms with Gasteiger partial charge in [-0.3, -0.25) is 4.79 Å². The van der Waals surface area contributed by atoms with E-state index in [1.165, 1.54) is 12.1 Å². The predicted octanol–water partition coefficient (Wildman–Crippen LogP) is 0.865. The maximum absolute atomic E-state index is 12.8. The second kappa shape index (κ2) is 5.46. The molecule has 0 aliphatic heterocycles. The van der Waals surface area contributed by atoms with Gasteiger partial charge in [-0.15, -0.1) is 0 Å². The van der Waals surface area contributed by atoms with Crippen LogP contribution in [-0.2, 0) is 11.2 Å². The van der Waals surface area contributed by atoms with Crippen LogP contribution in [0.1, 0.15) is 12.5 Å². The van der Waals surface area contributed by atoms with Crippen molar-refractivity contribution in [1.29, 1.82) is 0 Å². The summed E-state index contributed by atoms with van der Waals surface area (Å²) in [6.45, 7) is 1.80. The Hall–Kier alpha value is -1.42. The van der Waals surface area contributed by atoms with E-state index in [1.807, 2.05) is 0 Å². The van der Waals surface area contributed by atoms with E-state index < -0.39 is 6.10 Å². The number of benzene rings is 1. The van der Waals surface area contributed by atoms with Crippen LogP contribution in [0, 0.1) is 5.82 Å². The average molecular weight is 211 g/mol. The fourth-order valence-corrected chi connectivity index (χ4v) is 1.16. The number of halogens is 1. The zero-order valence-electron chi connectivity index (χ0n) is 8.53. The minimum absolute atomic E-state index is 0.129. The van der Waals surface area contributed by atoms with Crippen LogP contribution in [0.3, 0.4) is 0 Å². The van der Waals surface area contributed by atoms with E-state index in [9.17, 15) is 9.18 Å². The molecule has 1 atom stereocenters. The number of hydrogen-bond acceptors (Lipinski definition) is 2. The van der Waals surface area contributed by atoms with Crippen molar-refractivity contribution >= 4 is 5.91 Å². The van der Waals surface area contributed by atoms with Gasteiger partial charge in [0.25, 0.3) is 0 Å². The third-order valence-corrected chi connectivity index (χ3v) is 1.85. The molecule has 2 N–H and O–H groups in total. The Morgan fingerprint density at radius 1 is 1.60 bits per heavy atom. The monoisotopic (exact) mass is 211 g/mol. The molecule has 1 aromatic rings. The smallest absolute Gasteiger partial charge is 0.224 e. The van der Waals surface area contributed by atoms with Gasteiger partial charge in [0, 0.05) is 6.54 Å². The van der Waals surface area contributed by atoms with Gasteiger partial charge in [0.1, 0.15) is 5.82 Å². The number of amides is 1. The topological polar surface area (TPSA) is 49.3 Å². The fourth-order valence-electron chi connectivity index (χ4n) is 1.16. The summed E-state index contributed by atoms with van der Waals surface area (Å²) >= 11 is 0. The van der Waals surface area contributed by atoms with Gasteiger partial charge >= 0.3 is 0 Å². The van der Waals surface area contributed by atoms with E-state index in [4.69, 9.17) is 5.11 Å². The number of rotatable bonds is 4. The average Bonchev–Trinajstić information content (AvgIpc) is 2.15. The number of carbonyl (C=O) groups is 1. The first-order chi connectivity index (χ1) is 7.08. The van der Waals surface area contributed by atoms with Gasteiger partial charge in [0.05, 0.1) is 12.5 Å². The number of nitrogens with one attached hydrogen (secondary N) is 1. The van der Waals surface area contributed by atoms with Crippen LogP contribution in [-0.4, -0.2) is 23.7 Å². The quantitative estimate of drug-likeness (QED) is 0.776. The summed E-state index contributed by atoms with van der Waals surface area (Å²) in [7, 11) is 0. The lowest BCUT2D eigenvalue weighted by molar-refractivity contribution is -0.120. The van der Waals surface area contributed by atoms with E-state index in [2.05, 4.69) is 5.32 Å². The van der Waals surface area contributed by atoms with Crippen molar-refractivity contribution in [3.05, 3.63) is 35.6 Å². The van der Waals surface area contributed by atoms with Crippen molar-refractivity contribution in [1.82, 2.24) is 5.32 Å². The molecule has 0 aliphatic carbocycles. The van der Waals surface area contributed by atoms with Crippen LogP contribution in [0.5, 0.6) is 0 Å². The molecule has 0 radical (unpaired) electrons. The minimum atomic E-state index is -0.568. The molecule has 0 aromatic heterocycles. The lowest BCUT2D eigenvalue weighted by Gasteiger charge is -2.06. The Labute approximate surface area is 87.9 Å². The fraction of sp³-hybridized carbons (Fsp3) is 0.364. The SMILES string of the molecule is C[C@H](O)CNC(=O)Cc1cccc(F)c1. The molecular formula is C11H14FNO2. The van der Waals surface area contributed by atoms with E-state index in [-0.39, 0.29) is 24.7 Å². The Kier molecular flexibility index (Phi) is 4.24. The number of carbonyl (C=O) groups excluding carboxylic acids is 1. The van der Waals surface area contributed by atoms with Gasteiger partial charge in [-0.05, 0) is 24.6 Å². The molecule has 4 heteroatoms. The number of aliphatic hydroxyl groups is 1. The first-order valence-corrected chi connectivity index (χ1v) is 4.77. The largest absolute Gasteiger partial charge is 0.392 e. The molecule has 0 fully saturated rings. The molecule has 1 rings (SSSR count). The number of aliphatic hydroxyl groups excluding tert-OH is 1. The van der Waals surface area contributed by atoms with Crippen molar-refractivity contribution in [2.24, 2.45) is 0 Å². The molecule has 0 spiro atoms. The van der Waals surface area contributed by atoms with Crippen LogP contribution in [0.25, 0.3) is 0 Å². The van der Waals surface area contributed by atoms with E-state index in [0.29, 0.717) is 5.56 Å². The lowest BCUT2D eigenvalue weighted by Crippen LogP contribution is -2.31. The van der Waals surface area contributed by atoms with Gasteiger partial charge in [-0.25, -0.2) is 4.39 Å². The first-order valence-electron chi connectivity index (χ1n) is 4.77. The van der Waals surface area contributed by atoms with E-state index in [1.54, 1.807) is 19.1 Å². The summed E-state index contributed by atoms with van der Waals surface area (Å²) in [6, 6.07) is 5.90. The highest BCUT2D eigenvalue weighted by atomic mass is 19.1. The van der Waals surface area contributed by atoms with Crippen LogP contribution < -0.4 is 5.32 Å². The summed E-state index contributed by atoms with van der Waals surface area (Å²) in [4.78, 5) is 11.3. The number of hydrogen-bond donors (Lipinski definition) is 2. The molecule has 0 heterocycles. The molecule has 15 heavy (non-hydrogen) atoms. The van der Waals surface area contributed by atoms with Crippen molar-refractivity contribution in [3.8, 4) is 0 Å². The third kappa shape index (κ3) is 4.56. The van der Waals surface area contributed by atoms with Gasteiger partial charge in [-0.2, -0.15) is 0 Å². The van der Waals surface area contributed by atoms with Crippen molar-refractivity contribution in [2.45, 2.75) is 19.4 Å². The van der Waals surface area contributed by atoms with Crippen molar-refractivity contribution in [3.63, 3.8) is 0 Å². The van der Waals surface area contributed by atoms with Crippen LogP contribution in [0.15, 0.2) is 24.3 Å². The first kappa shape index (κ1) is 11.7. The van der Waals surface area contributed by atoms with Crippen molar-refractivity contribution in [2.75, 3.05) is 6.54 Å². The van der Waals surface area contributed by atoms with E-state index >= 15 is 0 Å². The standard InChI is InChI=1S/C11H14FNO2/c1-8(14)7-13-11(15)6-9-3-2-4-10(12)5-9/h2-5,8,14H,6-7H2,1H3,(H,13,15)/t8-/m0/s1. The molecule has 0 unspecified atom stereocenters. The summed E-state index contributed by atoms with van der Waals surface area (Å²) in [6.07, 6.45) is -0.439. The zero-order valence-corrected chi connectivity index (χ0v) is 8.53. The maximum atomic E-state index is 12.8. The molecule has 1 aromatic carbocycles. The van der Waals surface area contributed by atoms with E-state index in [0.717, 1.165) is 0 Å². The normalized spacial score (nSPS) is 12.2. The Balaban J connectivity index is 2.44. The molecule has 0 saturated carbocycles.